The van der Waals surface area contributed by atoms with Gasteiger partial charge in [0.15, 0.2) is 0 Å². The predicted octanol–water partition coefficient (Wildman–Crippen LogP) is 4.68. The Morgan fingerprint density at radius 2 is 1.71 bits per heavy atom. The summed E-state index contributed by atoms with van der Waals surface area (Å²) in [6, 6.07) is 17.4. The van der Waals surface area contributed by atoms with Crippen LogP contribution in [0.25, 0.3) is 11.1 Å². The molecule has 0 aromatic heterocycles. The average Bonchev–Trinajstić information content (AvgIpc) is 2.19. The summed E-state index contributed by atoms with van der Waals surface area (Å²) in [4.78, 5) is 0. The van der Waals surface area contributed by atoms with Crippen LogP contribution in [0.15, 0.2) is 51.4 Å². The highest BCUT2D eigenvalue weighted by Gasteiger charge is 2.02. The maximum absolute atomic E-state index is 3.52. The van der Waals surface area contributed by atoms with Crippen LogP contribution in [-0.2, 0) is 0 Å². The molecular weight excluding hydrogens is 304 g/mol. The van der Waals surface area contributed by atoms with Crippen molar-refractivity contribution in [2.24, 2.45) is 0 Å². The molecule has 1 radical (unpaired) electrons. The number of hydrogen-bond acceptors (Lipinski definition) is 0. The molecule has 0 unspecified atom stereocenters. The molecule has 0 saturated heterocycles. The van der Waals surface area contributed by atoms with E-state index in [-0.39, 0.29) is 0 Å². The van der Waals surface area contributed by atoms with E-state index in [9.17, 15) is 0 Å². The topological polar surface area (TPSA) is 0 Å². The van der Waals surface area contributed by atoms with E-state index in [2.05, 4.69) is 50.1 Å². The average molecular weight is 311 g/mol. The summed E-state index contributed by atoms with van der Waals surface area (Å²) in [5, 5.41) is 0. The molecule has 0 spiro atoms. The Labute approximate surface area is 100 Å². The van der Waals surface area contributed by atoms with Crippen LogP contribution in [0.1, 0.15) is 0 Å². The van der Waals surface area contributed by atoms with Crippen LogP contribution in [0, 0.1) is 6.07 Å². The van der Waals surface area contributed by atoms with Crippen molar-refractivity contribution in [3.8, 4) is 11.1 Å². The van der Waals surface area contributed by atoms with E-state index >= 15 is 0 Å². The zero-order chi connectivity index (χ0) is 9.97. The highest BCUT2D eigenvalue weighted by molar-refractivity contribution is 9.11. The smallest absolute Gasteiger partial charge is 0.0271 e. The standard InChI is InChI=1S/C12H7Br2/c13-10-6-7-11(12(14)8-10)9-4-2-1-3-5-9/h1-6,8H. The summed E-state index contributed by atoms with van der Waals surface area (Å²) in [6.45, 7) is 0. The van der Waals surface area contributed by atoms with Gasteiger partial charge in [-0.1, -0.05) is 62.2 Å². The van der Waals surface area contributed by atoms with E-state index in [0.29, 0.717) is 0 Å². The fourth-order valence-corrected chi connectivity index (χ4v) is 2.51. The van der Waals surface area contributed by atoms with E-state index in [1.54, 1.807) is 0 Å². The molecule has 0 bridgehead atoms. The maximum Gasteiger partial charge on any atom is 0.0271 e. The highest BCUT2D eigenvalue weighted by atomic mass is 79.9. The van der Waals surface area contributed by atoms with Crippen LogP contribution in [0.2, 0.25) is 0 Å². The van der Waals surface area contributed by atoms with E-state index in [4.69, 9.17) is 0 Å². The number of halogens is 2. The number of rotatable bonds is 1. The maximum atomic E-state index is 3.52. The zero-order valence-electron chi connectivity index (χ0n) is 7.30. The van der Waals surface area contributed by atoms with Crippen molar-refractivity contribution in [3.05, 3.63) is 57.5 Å². The molecule has 0 aliphatic heterocycles. The quantitative estimate of drug-likeness (QED) is 0.717. The first-order valence-electron chi connectivity index (χ1n) is 4.19. The van der Waals surface area contributed by atoms with E-state index < -0.39 is 0 Å². The van der Waals surface area contributed by atoms with Crippen molar-refractivity contribution < 1.29 is 0 Å². The van der Waals surface area contributed by atoms with Crippen LogP contribution in [0.3, 0.4) is 0 Å². The van der Waals surface area contributed by atoms with Crippen molar-refractivity contribution in [1.29, 1.82) is 0 Å². The van der Waals surface area contributed by atoms with Gasteiger partial charge in [0.25, 0.3) is 0 Å². The van der Waals surface area contributed by atoms with Crippen molar-refractivity contribution in [1.82, 2.24) is 0 Å². The monoisotopic (exact) mass is 309 g/mol. The summed E-state index contributed by atoms with van der Waals surface area (Å²) in [7, 11) is 0. The molecule has 2 aromatic carbocycles. The SMILES string of the molecule is Brc1c[c]c(-c2ccccc2)c(Br)c1. The summed E-state index contributed by atoms with van der Waals surface area (Å²) < 4.78 is 2.09. The normalized spacial score (nSPS) is 10.1. The Kier molecular flexibility index (Phi) is 3.04. The van der Waals surface area contributed by atoms with Crippen LogP contribution in [0.5, 0.6) is 0 Å². The molecule has 0 amide bonds. The van der Waals surface area contributed by atoms with Crippen LogP contribution in [0.4, 0.5) is 0 Å². The lowest BCUT2D eigenvalue weighted by Crippen LogP contribution is -1.79. The minimum absolute atomic E-state index is 1.03. The Hall–Kier alpha value is -0.600. The second-order valence-electron chi connectivity index (χ2n) is 2.91. The fourth-order valence-electron chi connectivity index (χ4n) is 1.27. The Bertz CT molecular complexity index is 435. The van der Waals surface area contributed by atoms with Gasteiger partial charge in [-0.25, -0.2) is 0 Å². The first-order valence-corrected chi connectivity index (χ1v) is 5.78. The molecule has 2 rings (SSSR count). The minimum Gasteiger partial charge on any atom is -0.0622 e. The molecule has 69 valence electrons. The summed E-state index contributed by atoms with van der Waals surface area (Å²) >= 11 is 6.93. The third kappa shape index (κ3) is 2.07. The molecule has 2 heteroatoms. The second kappa shape index (κ2) is 4.28. The second-order valence-corrected chi connectivity index (χ2v) is 4.68. The minimum atomic E-state index is 1.03. The molecule has 0 aliphatic carbocycles. The van der Waals surface area contributed by atoms with E-state index in [0.717, 1.165) is 14.5 Å². The van der Waals surface area contributed by atoms with Gasteiger partial charge < -0.3 is 0 Å². The van der Waals surface area contributed by atoms with Gasteiger partial charge in [0.05, 0.1) is 0 Å². The van der Waals surface area contributed by atoms with Crippen LogP contribution >= 0.6 is 31.9 Å². The lowest BCUT2D eigenvalue weighted by molar-refractivity contribution is 1.55. The molecule has 0 heterocycles. The zero-order valence-corrected chi connectivity index (χ0v) is 10.5. The Balaban J connectivity index is 2.53. The summed E-state index contributed by atoms with van der Waals surface area (Å²) in [6.07, 6.45) is 0. The molecular formula is C12H7Br2. The molecule has 14 heavy (non-hydrogen) atoms. The van der Waals surface area contributed by atoms with Gasteiger partial charge >= 0.3 is 0 Å². The lowest BCUT2D eigenvalue weighted by atomic mass is 10.1. The highest BCUT2D eigenvalue weighted by Crippen LogP contribution is 2.29. The summed E-state index contributed by atoms with van der Waals surface area (Å²) in [5.41, 5.74) is 2.26. The Morgan fingerprint density at radius 3 is 2.36 bits per heavy atom. The molecule has 0 fully saturated rings. The molecule has 0 N–H and O–H groups in total. The van der Waals surface area contributed by atoms with Gasteiger partial charge in [0, 0.05) is 14.5 Å². The predicted molar refractivity (Wildman–Crippen MR) is 66.1 cm³/mol. The first kappa shape index (κ1) is 9.94. The molecule has 0 atom stereocenters. The van der Waals surface area contributed by atoms with Crippen molar-refractivity contribution in [2.45, 2.75) is 0 Å². The van der Waals surface area contributed by atoms with Gasteiger partial charge in [-0.2, -0.15) is 0 Å². The third-order valence-corrected chi connectivity index (χ3v) is 3.00. The molecule has 0 aliphatic rings. The summed E-state index contributed by atoms with van der Waals surface area (Å²) in [5.74, 6) is 0. The number of hydrogen-bond donors (Lipinski definition) is 0. The van der Waals surface area contributed by atoms with E-state index in [1.165, 1.54) is 5.56 Å². The van der Waals surface area contributed by atoms with Gasteiger partial charge in [-0.05, 0) is 23.8 Å². The Morgan fingerprint density at radius 1 is 1.00 bits per heavy atom. The third-order valence-electron chi connectivity index (χ3n) is 1.92. The van der Waals surface area contributed by atoms with Gasteiger partial charge in [0.2, 0.25) is 0 Å². The number of benzene rings is 2. The van der Waals surface area contributed by atoms with Crippen molar-refractivity contribution in [3.63, 3.8) is 0 Å². The van der Waals surface area contributed by atoms with Crippen molar-refractivity contribution >= 4 is 31.9 Å². The van der Waals surface area contributed by atoms with Gasteiger partial charge in [-0.3, -0.25) is 0 Å². The van der Waals surface area contributed by atoms with Crippen LogP contribution in [-0.4, -0.2) is 0 Å². The largest absolute Gasteiger partial charge is 0.0622 e. The first-order chi connectivity index (χ1) is 6.77. The fraction of sp³-hybridized carbons (Fsp3) is 0. The van der Waals surface area contributed by atoms with Crippen LogP contribution < -0.4 is 0 Å². The molecule has 2 aromatic rings. The van der Waals surface area contributed by atoms with Gasteiger partial charge in [-0.15, -0.1) is 0 Å². The molecule has 0 nitrogen and oxygen atoms in total. The molecule has 0 saturated carbocycles. The van der Waals surface area contributed by atoms with Gasteiger partial charge in [0.1, 0.15) is 0 Å². The van der Waals surface area contributed by atoms with E-state index in [1.807, 2.05) is 30.3 Å². The lowest BCUT2D eigenvalue weighted by Gasteiger charge is -2.03. The van der Waals surface area contributed by atoms with Crippen molar-refractivity contribution in [2.75, 3.05) is 0 Å².